The molecule has 0 spiro atoms. The van der Waals surface area contributed by atoms with Gasteiger partial charge in [0.1, 0.15) is 16.6 Å². The standard InChI is InChI=1S/C11H18N2O5S/c1-11(2,3)18-10(15)13-4-7-8(5-13)19(16,17)6-9(14)12-7/h7-8H,4-6H2,1-3H3,(H,12,14)/t7-,8+/m0/s1. The Kier molecular flexibility index (Phi) is 3.24. The summed E-state index contributed by atoms with van der Waals surface area (Å²) in [6, 6.07) is -0.529. The van der Waals surface area contributed by atoms with Crippen LogP contribution in [0.25, 0.3) is 0 Å². The summed E-state index contributed by atoms with van der Waals surface area (Å²) in [6.07, 6.45) is -0.550. The van der Waals surface area contributed by atoms with Crippen LogP contribution in [0.2, 0.25) is 0 Å². The Morgan fingerprint density at radius 2 is 2.00 bits per heavy atom. The van der Waals surface area contributed by atoms with Crippen molar-refractivity contribution in [1.29, 1.82) is 0 Å². The fourth-order valence-corrected chi connectivity index (χ4v) is 4.01. The van der Waals surface area contributed by atoms with Crippen LogP contribution < -0.4 is 5.32 Å². The van der Waals surface area contributed by atoms with Crippen molar-refractivity contribution in [2.75, 3.05) is 18.8 Å². The van der Waals surface area contributed by atoms with E-state index in [9.17, 15) is 18.0 Å². The Hall–Kier alpha value is -1.31. The highest BCUT2D eigenvalue weighted by Crippen LogP contribution is 2.23. The minimum atomic E-state index is -3.48. The quantitative estimate of drug-likeness (QED) is 0.650. The molecule has 2 amide bonds. The van der Waals surface area contributed by atoms with Crippen molar-refractivity contribution in [2.24, 2.45) is 0 Å². The van der Waals surface area contributed by atoms with Crippen molar-refractivity contribution in [1.82, 2.24) is 10.2 Å². The zero-order valence-electron chi connectivity index (χ0n) is 11.2. The molecule has 0 aliphatic carbocycles. The second kappa shape index (κ2) is 4.36. The predicted octanol–water partition coefficient (Wildman–Crippen LogP) is -0.481. The van der Waals surface area contributed by atoms with E-state index >= 15 is 0 Å². The molecule has 0 unspecified atom stereocenters. The molecule has 2 heterocycles. The van der Waals surface area contributed by atoms with Crippen molar-refractivity contribution in [3.05, 3.63) is 0 Å². The molecule has 0 radical (unpaired) electrons. The van der Waals surface area contributed by atoms with Gasteiger partial charge in [0.15, 0.2) is 9.84 Å². The fraction of sp³-hybridized carbons (Fsp3) is 0.818. The third-order valence-corrected chi connectivity index (χ3v) is 5.12. The highest BCUT2D eigenvalue weighted by Gasteiger charge is 2.48. The van der Waals surface area contributed by atoms with Crippen LogP contribution in [-0.2, 0) is 19.4 Å². The number of rotatable bonds is 0. The Bertz CT molecular complexity index is 508. The lowest BCUT2D eigenvalue weighted by atomic mass is 10.2. The lowest BCUT2D eigenvalue weighted by molar-refractivity contribution is -0.119. The number of hydrogen-bond donors (Lipinski definition) is 1. The number of ether oxygens (including phenoxy) is 1. The molecule has 2 atom stereocenters. The highest BCUT2D eigenvalue weighted by atomic mass is 32.2. The minimum Gasteiger partial charge on any atom is -0.444 e. The average Bonchev–Trinajstić information content (AvgIpc) is 2.57. The van der Waals surface area contributed by atoms with E-state index in [1.165, 1.54) is 4.90 Å². The zero-order chi connectivity index (χ0) is 14.4. The first-order valence-corrected chi connectivity index (χ1v) is 7.79. The Labute approximate surface area is 112 Å². The fourth-order valence-electron chi connectivity index (χ4n) is 2.29. The minimum absolute atomic E-state index is 0.0716. The number of likely N-dealkylation sites (tertiary alicyclic amines) is 1. The van der Waals surface area contributed by atoms with Gasteiger partial charge in [-0.15, -0.1) is 0 Å². The van der Waals surface area contributed by atoms with Crippen LogP contribution in [-0.4, -0.2) is 61.1 Å². The molecule has 2 saturated heterocycles. The number of carbonyl (C=O) groups excluding carboxylic acids is 2. The largest absolute Gasteiger partial charge is 0.444 e. The first kappa shape index (κ1) is 14.1. The lowest BCUT2D eigenvalue weighted by Crippen LogP contribution is -2.54. The SMILES string of the molecule is CC(C)(C)OC(=O)N1C[C@@H]2NC(=O)CS(=O)(=O)[C@@H]2C1. The second-order valence-corrected chi connectivity index (χ2v) is 8.12. The van der Waals surface area contributed by atoms with Crippen molar-refractivity contribution in [3.8, 4) is 0 Å². The summed E-state index contributed by atoms with van der Waals surface area (Å²) in [6.45, 7) is 5.47. The van der Waals surface area contributed by atoms with Crippen molar-refractivity contribution < 1.29 is 22.7 Å². The third-order valence-electron chi connectivity index (χ3n) is 3.06. The summed E-state index contributed by atoms with van der Waals surface area (Å²) in [4.78, 5) is 24.5. The zero-order valence-corrected chi connectivity index (χ0v) is 12.0. The van der Waals surface area contributed by atoms with Crippen molar-refractivity contribution >= 4 is 21.8 Å². The third kappa shape index (κ3) is 2.99. The molecule has 108 valence electrons. The molecular formula is C11H18N2O5S. The molecule has 0 aromatic carbocycles. The molecule has 0 bridgehead atoms. The summed E-state index contributed by atoms with van der Waals surface area (Å²) < 4.78 is 29.0. The van der Waals surface area contributed by atoms with Gasteiger partial charge in [0, 0.05) is 13.1 Å². The first-order chi connectivity index (χ1) is 8.58. The molecule has 19 heavy (non-hydrogen) atoms. The van der Waals surface area contributed by atoms with Crippen LogP contribution in [0.3, 0.4) is 0 Å². The number of fused-ring (bicyclic) bond motifs is 1. The molecule has 1 N–H and O–H groups in total. The van der Waals surface area contributed by atoms with Gasteiger partial charge >= 0.3 is 6.09 Å². The Morgan fingerprint density at radius 3 is 2.58 bits per heavy atom. The van der Waals surface area contributed by atoms with Gasteiger partial charge < -0.3 is 15.0 Å². The van der Waals surface area contributed by atoms with E-state index in [-0.39, 0.29) is 13.1 Å². The molecule has 2 aliphatic heterocycles. The van der Waals surface area contributed by atoms with Gasteiger partial charge in [-0.3, -0.25) is 4.79 Å². The second-order valence-electron chi connectivity index (χ2n) is 5.90. The summed E-state index contributed by atoms with van der Waals surface area (Å²) >= 11 is 0. The summed E-state index contributed by atoms with van der Waals surface area (Å²) in [5.74, 6) is -1.01. The van der Waals surface area contributed by atoms with Crippen LogP contribution in [0.1, 0.15) is 20.8 Å². The number of nitrogens with zero attached hydrogens (tertiary/aromatic N) is 1. The van der Waals surface area contributed by atoms with E-state index in [0.29, 0.717) is 0 Å². The lowest BCUT2D eigenvalue weighted by Gasteiger charge is -2.24. The Balaban J connectivity index is 2.11. The smallest absolute Gasteiger partial charge is 0.410 e. The molecule has 2 aliphatic rings. The maximum absolute atomic E-state index is 11.9. The van der Waals surface area contributed by atoms with Gasteiger partial charge in [0.25, 0.3) is 0 Å². The van der Waals surface area contributed by atoms with E-state index in [2.05, 4.69) is 5.32 Å². The van der Waals surface area contributed by atoms with Gasteiger partial charge in [-0.1, -0.05) is 0 Å². The summed E-state index contributed by atoms with van der Waals surface area (Å²) in [5.41, 5.74) is -0.632. The normalized spacial score (nSPS) is 29.6. The number of amides is 2. The van der Waals surface area contributed by atoms with E-state index in [1.54, 1.807) is 20.8 Å². The molecule has 8 heteroatoms. The topological polar surface area (TPSA) is 92.8 Å². The van der Waals surface area contributed by atoms with Gasteiger partial charge in [0.05, 0.1) is 6.04 Å². The first-order valence-electron chi connectivity index (χ1n) is 6.07. The molecule has 2 rings (SSSR count). The van der Waals surface area contributed by atoms with Crippen LogP contribution in [0.5, 0.6) is 0 Å². The molecule has 2 fully saturated rings. The van der Waals surface area contributed by atoms with Gasteiger partial charge in [-0.25, -0.2) is 13.2 Å². The molecule has 0 aromatic heterocycles. The monoisotopic (exact) mass is 290 g/mol. The molecule has 0 saturated carbocycles. The van der Waals surface area contributed by atoms with E-state index in [1.807, 2.05) is 0 Å². The van der Waals surface area contributed by atoms with Crippen molar-refractivity contribution in [3.63, 3.8) is 0 Å². The number of carbonyl (C=O) groups is 2. The van der Waals surface area contributed by atoms with Crippen LogP contribution in [0.15, 0.2) is 0 Å². The number of sulfone groups is 1. The highest BCUT2D eigenvalue weighted by molar-refractivity contribution is 7.92. The predicted molar refractivity (Wildman–Crippen MR) is 67.3 cm³/mol. The summed E-state index contributed by atoms with van der Waals surface area (Å²) in [5, 5.41) is 1.89. The van der Waals surface area contributed by atoms with Crippen LogP contribution in [0, 0.1) is 0 Å². The molecular weight excluding hydrogens is 272 g/mol. The maximum atomic E-state index is 11.9. The van der Waals surface area contributed by atoms with E-state index in [0.717, 1.165) is 0 Å². The van der Waals surface area contributed by atoms with Crippen LogP contribution in [0.4, 0.5) is 4.79 Å². The molecule has 7 nitrogen and oxygen atoms in total. The maximum Gasteiger partial charge on any atom is 0.410 e. The number of hydrogen-bond acceptors (Lipinski definition) is 5. The van der Waals surface area contributed by atoms with Gasteiger partial charge in [-0.05, 0) is 20.8 Å². The summed E-state index contributed by atoms with van der Waals surface area (Å²) in [7, 11) is -3.48. The van der Waals surface area contributed by atoms with E-state index < -0.39 is 44.5 Å². The van der Waals surface area contributed by atoms with Gasteiger partial charge in [0.2, 0.25) is 5.91 Å². The molecule has 0 aromatic rings. The van der Waals surface area contributed by atoms with Crippen molar-refractivity contribution in [2.45, 2.75) is 37.7 Å². The Morgan fingerprint density at radius 1 is 1.37 bits per heavy atom. The number of nitrogens with one attached hydrogen (secondary N) is 1. The van der Waals surface area contributed by atoms with Gasteiger partial charge in [-0.2, -0.15) is 0 Å². The van der Waals surface area contributed by atoms with Crippen LogP contribution >= 0.6 is 0 Å². The van der Waals surface area contributed by atoms with E-state index in [4.69, 9.17) is 4.74 Å². The average molecular weight is 290 g/mol.